The molecule has 1 N–H and O–H groups in total. The first kappa shape index (κ1) is 21.8. The summed E-state index contributed by atoms with van der Waals surface area (Å²) in [4.78, 5) is 15.7. The number of carbonyl (C=O) groups excluding carboxylic acids is 1. The van der Waals surface area contributed by atoms with Crippen LogP contribution in [0, 0.1) is 0 Å². The Labute approximate surface area is 194 Å². The number of fused-ring (bicyclic) bond motifs is 1. The predicted molar refractivity (Wildman–Crippen MR) is 130 cm³/mol. The predicted octanol–water partition coefficient (Wildman–Crippen LogP) is 6.01. The van der Waals surface area contributed by atoms with Gasteiger partial charge in [-0.25, -0.2) is 0 Å². The Bertz CT molecular complexity index is 1240. The van der Waals surface area contributed by atoms with E-state index >= 15 is 0 Å². The lowest BCUT2D eigenvalue weighted by molar-refractivity contribution is 0.0965. The second kappa shape index (κ2) is 8.97. The molecule has 6 heteroatoms. The summed E-state index contributed by atoms with van der Waals surface area (Å²) in [5, 5.41) is 12.5. The highest BCUT2D eigenvalue weighted by Crippen LogP contribution is 2.42. The Hall–Kier alpha value is -2.44. The number of aliphatic hydroxyl groups excluding tert-OH is 1. The molecule has 158 valence electrons. The molecule has 1 aromatic heterocycles. The van der Waals surface area contributed by atoms with Crippen molar-refractivity contribution in [3.8, 4) is 11.3 Å². The first-order chi connectivity index (χ1) is 14.9. The van der Waals surface area contributed by atoms with E-state index in [1.165, 1.54) is 0 Å². The van der Waals surface area contributed by atoms with Gasteiger partial charge in [0.2, 0.25) is 0 Å². The standard InChI is InChI=1S/C25H22BrClN2O2/c1-28(2)15-21(30)22-19-13-18(27)14-20(26)24(19)29(23(22)16-9-5-3-6-10-16)25(31)17-11-7-4-8-12-17/h3-14,21,30H,15H2,1-2H3. The smallest absolute Gasteiger partial charge is 0.262 e. The van der Waals surface area contributed by atoms with Gasteiger partial charge in [0.15, 0.2) is 0 Å². The molecule has 4 nitrogen and oxygen atoms in total. The third-order valence-electron chi connectivity index (χ3n) is 5.16. The summed E-state index contributed by atoms with van der Waals surface area (Å²) >= 11 is 10.0. The van der Waals surface area contributed by atoms with Gasteiger partial charge in [-0.2, -0.15) is 0 Å². The van der Waals surface area contributed by atoms with Crippen molar-refractivity contribution >= 4 is 44.3 Å². The third kappa shape index (κ3) is 4.19. The summed E-state index contributed by atoms with van der Waals surface area (Å²) in [6, 6.07) is 22.4. The van der Waals surface area contributed by atoms with E-state index in [0.29, 0.717) is 38.4 Å². The number of aromatic nitrogens is 1. The largest absolute Gasteiger partial charge is 0.387 e. The molecule has 0 aliphatic heterocycles. The molecular weight excluding hydrogens is 476 g/mol. The van der Waals surface area contributed by atoms with Crippen LogP contribution in [0.15, 0.2) is 77.3 Å². The highest BCUT2D eigenvalue weighted by atomic mass is 79.9. The van der Waals surface area contributed by atoms with Crippen LogP contribution in [0.1, 0.15) is 22.0 Å². The summed E-state index contributed by atoms with van der Waals surface area (Å²) < 4.78 is 2.38. The lowest BCUT2D eigenvalue weighted by Crippen LogP contribution is -2.21. The molecule has 4 aromatic rings. The monoisotopic (exact) mass is 496 g/mol. The molecule has 3 aromatic carbocycles. The molecule has 1 heterocycles. The minimum atomic E-state index is -0.817. The Kier molecular flexibility index (Phi) is 6.30. The van der Waals surface area contributed by atoms with Crippen molar-refractivity contribution in [2.24, 2.45) is 0 Å². The number of benzene rings is 3. The van der Waals surface area contributed by atoms with E-state index in [9.17, 15) is 9.90 Å². The van der Waals surface area contributed by atoms with Gasteiger partial charge in [0.05, 0.1) is 17.3 Å². The Morgan fingerprint density at radius 3 is 2.29 bits per heavy atom. The molecule has 0 bridgehead atoms. The third-order valence-corrected chi connectivity index (χ3v) is 5.99. The van der Waals surface area contributed by atoms with E-state index in [2.05, 4.69) is 15.9 Å². The lowest BCUT2D eigenvalue weighted by Gasteiger charge is -2.18. The van der Waals surface area contributed by atoms with Crippen LogP contribution in [0.4, 0.5) is 0 Å². The zero-order valence-electron chi connectivity index (χ0n) is 17.2. The molecule has 1 unspecified atom stereocenters. The van der Waals surface area contributed by atoms with E-state index in [0.717, 1.165) is 10.9 Å². The summed E-state index contributed by atoms with van der Waals surface area (Å²) in [5.41, 5.74) is 3.44. The number of halogens is 2. The molecule has 0 amide bonds. The van der Waals surface area contributed by atoms with E-state index in [4.69, 9.17) is 11.6 Å². The molecule has 0 fully saturated rings. The minimum Gasteiger partial charge on any atom is -0.387 e. The van der Waals surface area contributed by atoms with Gasteiger partial charge in [0, 0.05) is 32.6 Å². The fourth-order valence-corrected chi connectivity index (χ4v) is 4.91. The van der Waals surface area contributed by atoms with Crippen LogP contribution in [-0.2, 0) is 0 Å². The Morgan fingerprint density at radius 1 is 1.06 bits per heavy atom. The van der Waals surface area contributed by atoms with Gasteiger partial charge in [0.25, 0.3) is 5.91 Å². The quantitative estimate of drug-likeness (QED) is 0.367. The molecule has 0 spiro atoms. The van der Waals surface area contributed by atoms with Crippen LogP contribution in [0.25, 0.3) is 22.2 Å². The molecule has 4 rings (SSSR count). The van der Waals surface area contributed by atoms with E-state index in [1.54, 1.807) is 22.8 Å². The van der Waals surface area contributed by atoms with Crippen LogP contribution in [-0.4, -0.2) is 41.1 Å². The lowest BCUT2D eigenvalue weighted by atomic mass is 10.00. The Balaban J connectivity index is 2.13. The van der Waals surface area contributed by atoms with Gasteiger partial charge in [-0.05, 0) is 59.9 Å². The van der Waals surface area contributed by atoms with Crippen LogP contribution in [0.5, 0.6) is 0 Å². The zero-order valence-corrected chi connectivity index (χ0v) is 19.6. The van der Waals surface area contributed by atoms with Gasteiger partial charge < -0.3 is 10.0 Å². The van der Waals surface area contributed by atoms with Crippen LogP contribution >= 0.6 is 27.5 Å². The fraction of sp³-hybridized carbons (Fsp3) is 0.160. The van der Waals surface area contributed by atoms with Crippen LogP contribution in [0.3, 0.4) is 0 Å². The molecule has 0 saturated carbocycles. The van der Waals surface area contributed by atoms with Crippen molar-refractivity contribution in [2.75, 3.05) is 20.6 Å². The molecular formula is C25H22BrClN2O2. The molecule has 0 saturated heterocycles. The topological polar surface area (TPSA) is 45.5 Å². The minimum absolute atomic E-state index is 0.171. The van der Waals surface area contributed by atoms with Gasteiger partial charge in [0.1, 0.15) is 0 Å². The number of rotatable bonds is 5. The summed E-state index contributed by atoms with van der Waals surface area (Å²) in [6.07, 6.45) is -0.817. The first-order valence-corrected chi connectivity index (χ1v) is 11.1. The SMILES string of the molecule is CN(C)CC(O)c1c(-c2ccccc2)n(C(=O)c2ccccc2)c2c(Br)cc(Cl)cc12. The fourth-order valence-electron chi connectivity index (χ4n) is 3.93. The summed E-state index contributed by atoms with van der Waals surface area (Å²) in [7, 11) is 3.81. The Morgan fingerprint density at radius 2 is 1.68 bits per heavy atom. The molecule has 31 heavy (non-hydrogen) atoms. The number of hydrogen-bond acceptors (Lipinski definition) is 3. The van der Waals surface area contributed by atoms with E-state index in [-0.39, 0.29) is 5.91 Å². The van der Waals surface area contributed by atoms with E-state index < -0.39 is 6.10 Å². The van der Waals surface area contributed by atoms with Gasteiger partial charge >= 0.3 is 0 Å². The summed E-state index contributed by atoms with van der Waals surface area (Å²) in [5.74, 6) is -0.171. The first-order valence-electron chi connectivity index (χ1n) is 9.89. The normalized spacial score (nSPS) is 12.5. The molecule has 0 aliphatic rings. The number of hydrogen-bond donors (Lipinski definition) is 1. The maximum atomic E-state index is 13.8. The second-order valence-corrected chi connectivity index (χ2v) is 8.99. The molecule has 1 atom stereocenters. The van der Waals surface area contributed by atoms with Gasteiger partial charge in [-0.3, -0.25) is 9.36 Å². The van der Waals surface area contributed by atoms with Gasteiger partial charge in [-0.15, -0.1) is 0 Å². The van der Waals surface area contributed by atoms with Crippen LogP contribution in [0.2, 0.25) is 5.02 Å². The van der Waals surface area contributed by atoms with E-state index in [1.807, 2.05) is 73.6 Å². The average Bonchev–Trinajstić information content (AvgIpc) is 3.09. The van der Waals surface area contributed by atoms with Crippen molar-refractivity contribution in [3.05, 3.63) is 93.4 Å². The van der Waals surface area contributed by atoms with Crippen molar-refractivity contribution in [3.63, 3.8) is 0 Å². The van der Waals surface area contributed by atoms with Crippen molar-refractivity contribution in [1.82, 2.24) is 9.47 Å². The molecule has 0 radical (unpaired) electrons. The maximum absolute atomic E-state index is 13.8. The highest BCUT2D eigenvalue weighted by Gasteiger charge is 2.29. The summed E-state index contributed by atoms with van der Waals surface area (Å²) in [6.45, 7) is 0.405. The number of nitrogens with zero attached hydrogens (tertiary/aromatic N) is 2. The highest BCUT2D eigenvalue weighted by molar-refractivity contribution is 9.10. The number of carbonyl (C=O) groups is 1. The second-order valence-electron chi connectivity index (χ2n) is 7.70. The van der Waals surface area contributed by atoms with Crippen LogP contribution < -0.4 is 0 Å². The van der Waals surface area contributed by atoms with Crippen molar-refractivity contribution in [1.29, 1.82) is 0 Å². The van der Waals surface area contributed by atoms with Crippen molar-refractivity contribution < 1.29 is 9.90 Å². The van der Waals surface area contributed by atoms with Crippen molar-refractivity contribution in [2.45, 2.75) is 6.10 Å². The zero-order chi connectivity index (χ0) is 22.1. The maximum Gasteiger partial charge on any atom is 0.262 e. The number of likely N-dealkylation sites (N-methyl/N-ethyl adjacent to an activating group) is 1. The average molecular weight is 498 g/mol. The molecule has 0 aliphatic carbocycles. The van der Waals surface area contributed by atoms with Gasteiger partial charge in [-0.1, -0.05) is 60.1 Å². The number of aliphatic hydroxyl groups is 1.